The van der Waals surface area contributed by atoms with Crippen molar-refractivity contribution < 1.29 is 17.6 Å². The van der Waals surface area contributed by atoms with E-state index in [1.807, 2.05) is 0 Å². The Morgan fingerprint density at radius 3 is 2.70 bits per heavy atom. The van der Waals surface area contributed by atoms with Crippen molar-refractivity contribution in [2.75, 3.05) is 17.5 Å². The zero-order valence-electron chi connectivity index (χ0n) is 12.7. The fourth-order valence-electron chi connectivity index (χ4n) is 2.71. The number of hydrogen-bond donors (Lipinski definition) is 3. The third-order valence-electron chi connectivity index (χ3n) is 3.80. The van der Waals surface area contributed by atoms with Crippen molar-refractivity contribution in [2.45, 2.75) is 25.3 Å². The molecule has 2 rings (SSSR count). The summed E-state index contributed by atoms with van der Waals surface area (Å²) < 4.78 is 38.1. The smallest absolute Gasteiger partial charge is 0.251 e. The van der Waals surface area contributed by atoms with Gasteiger partial charge in [0.25, 0.3) is 5.91 Å². The molecule has 2 unspecified atom stereocenters. The third kappa shape index (κ3) is 5.33. The first-order chi connectivity index (χ1) is 10.3. The summed E-state index contributed by atoms with van der Waals surface area (Å²) in [6.07, 6.45) is 3.77. The summed E-state index contributed by atoms with van der Waals surface area (Å²) in [6, 6.07) is 3.59. The molecule has 1 amide bonds. The number of sulfonamides is 1. The van der Waals surface area contributed by atoms with Crippen LogP contribution in [0.25, 0.3) is 0 Å². The van der Waals surface area contributed by atoms with Crippen molar-refractivity contribution in [1.82, 2.24) is 5.32 Å². The second kappa shape index (κ2) is 7.94. The highest BCUT2D eigenvalue weighted by atomic mass is 35.5. The molecule has 130 valence electrons. The Bertz CT molecular complexity index is 669. The quantitative estimate of drug-likeness (QED) is 0.735. The van der Waals surface area contributed by atoms with Crippen LogP contribution in [0.2, 0.25) is 0 Å². The van der Waals surface area contributed by atoms with E-state index in [1.165, 1.54) is 12.1 Å². The minimum Gasteiger partial charge on any atom is -0.349 e. The molecule has 1 aliphatic carbocycles. The van der Waals surface area contributed by atoms with Gasteiger partial charge in [-0.25, -0.2) is 12.8 Å². The highest BCUT2D eigenvalue weighted by Gasteiger charge is 2.27. The molecule has 0 spiro atoms. The van der Waals surface area contributed by atoms with Crippen LogP contribution in [-0.4, -0.2) is 33.2 Å². The van der Waals surface area contributed by atoms with Gasteiger partial charge in [-0.05, 0) is 43.5 Å². The lowest BCUT2D eigenvalue weighted by Gasteiger charge is -2.19. The van der Waals surface area contributed by atoms with E-state index < -0.39 is 15.8 Å². The lowest BCUT2D eigenvalue weighted by Crippen LogP contribution is -2.39. The summed E-state index contributed by atoms with van der Waals surface area (Å²) >= 11 is 0. The molecular formula is C14H21ClFN3O3S. The molecule has 2 atom stereocenters. The summed E-state index contributed by atoms with van der Waals surface area (Å²) in [5.74, 6) is -0.845. The third-order valence-corrected chi connectivity index (χ3v) is 4.39. The zero-order valence-corrected chi connectivity index (χ0v) is 14.3. The van der Waals surface area contributed by atoms with E-state index in [-0.39, 0.29) is 41.5 Å². The summed E-state index contributed by atoms with van der Waals surface area (Å²) in [5, 5.41) is 2.89. The molecule has 0 aromatic heterocycles. The lowest BCUT2D eigenvalue weighted by molar-refractivity contribution is 0.0928. The average molecular weight is 366 g/mol. The number of nitrogens with one attached hydrogen (secondary N) is 2. The molecule has 0 radical (unpaired) electrons. The number of halogens is 2. The molecule has 6 nitrogen and oxygen atoms in total. The number of rotatable bonds is 5. The van der Waals surface area contributed by atoms with Gasteiger partial charge >= 0.3 is 0 Å². The van der Waals surface area contributed by atoms with Crippen LogP contribution in [0.5, 0.6) is 0 Å². The van der Waals surface area contributed by atoms with E-state index in [9.17, 15) is 17.6 Å². The van der Waals surface area contributed by atoms with Gasteiger partial charge < -0.3 is 11.1 Å². The Labute approximate surface area is 141 Å². The van der Waals surface area contributed by atoms with Crippen LogP contribution in [0.4, 0.5) is 10.1 Å². The van der Waals surface area contributed by atoms with E-state index in [4.69, 9.17) is 5.73 Å². The minimum absolute atomic E-state index is 0. The molecule has 0 heterocycles. The molecule has 0 aliphatic heterocycles. The standard InChI is InChI=1S/C14H20FN3O3S.ClH/c1-22(20,21)18-13-7-9(5-6-11(13)15)14(19)17-12-4-2-3-10(12)8-16;/h5-7,10,12,18H,2-4,8,16H2,1H3,(H,17,19);1H. The molecule has 1 saturated carbocycles. The molecule has 1 fully saturated rings. The van der Waals surface area contributed by atoms with E-state index >= 15 is 0 Å². The van der Waals surface area contributed by atoms with E-state index in [1.54, 1.807) is 0 Å². The predicted molar refractivity (Wildman–Crippen MR) is 89.8 cm³/mol. The number of nitrogens with two attached hydrogens (primary N) is 1. The number of carbonyl (C=O) groups is 1. The summed E-state index contributed by atoms with van der Waals surface area (Å²) in [6.45, 7) is 0.509. The first-order valence-corrected chi connectivity index (χ1v) is 8.97. The Kier molecular flexibility index (Phi) is 6.79. The maximum atomic E-state index is 13.6. The molecule has 4 N–H and O–H groups in total. The molecule has 1 aromatic carbocycles. The van der Waals surface area contributed by atoms with Crippen molar-refractivity contribution in [3.8, 4) is 0 Å². The maximum Gasteiger partial charge on any atom is 0.251 e. The van der Waals surface area contributed by atoms with E-state index in [2.05, 4.69) is 10.0 Å². The van der Waals surface area contributed by atoms with Crippen molar-refractivity contribution in [3.63, 3.8) is 0 Å². The first-order valence-electron chi connectivity index (χ1n) is 7.08. The van der Waals surface area contributed by atoms with Gasteiger partial charge in [0.15, 0.2) is 0 Å². The van der Waals surface area contributed by atoms with Crippen LogP contribution in [0, 0.1) is 11.7 Å². The van der Waals surface area contributed by atoms with E-state index in [0.717, 1.165) is 31.6 Å². The van der Waals surface area contributed by atoms with Crippen LogP contribution in [-0.2, 0) is 10.0 Å². The second-order valence-corrected chi connectivity index (χ2v) is 7.32. The highest BCUT2D eigenvalue weighted by molar-refractivity contribution is 7.92. The van der Waals surface area contributed by atoms with Crippen LogP contribution >= 0.6 is 12.4 Å². The minimum atomic E-state index is -3.62. The Balaban J connectivity index is 0.00000264. The van der Waals surface area contributed by atoms with Crippen molar-refractivity contribution >= 4 is 34.0 Å². The summed E-state index contributed by atoms with van der Waals surface area (Å²) in [4.78, 5) is 12.2. The Hall–Kier alpha value is -1.38. The lowest BCUT2D eigenvalue weighted by atomic mass is 10.0. The monoisotopic (exact) mass is 365 g/mol. The molecule has 1 aliphatic rings. The zero-order chi connectivity index (χ0) is 16.3. The van der Waals surface area contributed by atoms with Crippen molar-refractivity contribution in [1.29, 1.82) is 0 Å². The highest BCUT2D eigenvalue weighted by Crippen LogP contribution is 2.25. The Morgan fingerprint density at radius 1 is 1.39 bits per heavy atom. The fourth-order valence-corrected chi connectivity index (χ4v) is 3.26. The SMILES string of the molecule is CS(=O)(=O)Nc1cc(C(=O)NC2CCCC2CN)ccc1F.Cl. The van der Waals surface area contributed by atoms with Crippen LogP contribution < -0.4 is 15.8 Å². The summed E-state index contributed by atoms with van der Waals surface area (Å²) in [7, 11) is -3.62. The first kappa shape index (κ1) is 19.7. The number of hydrogen-bond acceptors (Lipinski definition) is 4. The number of carbonyl (C=O) groups excluding carboxylic acids is 1. The van der Waals surface area contributed by atoms with Gasteiger partial charge in [0.1, 0.15) is 5.82 Å². The molecular weight excluding hydrogens is 345 g/mol. The molecule has 0 saturated heterocycles. The largest absolute Gasteiger partial charge is 0.349 e. The Morgan fingerprint density at radius 2 is 2.09 bits per heavy atom. The van der Waals surface area contributed by atoms with Gasteiger partial charge in [0.05, 0.1) is 11.9 Å². The number of anilines is 1. The molecule has 23 heavy (non-hydrogen) atoms. The number of benzene rings is 1. The van der Waals surface area contributed by atoms with Crippen molar-refractivity contribution in [3.05, 3.63) is 29.6 Å². The van der Waals surface area contributed by atoms with Gasteiger partial charge in [-0.15, -0.1) is 12.4 Å². The van der Waals surface area contributed by atoms with Gasteiger partial charge in [0, 0.05) is 11.6 Å². The van der Waals surface area contributed by atoms with Gasteiger partial charge in [-0.2, -0.15) is 0 Å². The number of amides is 1. The van der Waals surface area contributed by atoms with Crippen LogP contribution in [0.15, 0.2) is 18.2 Å². The van der Waals surface area contributed by atoms with Crippen LogP contribution in [0.1, 0.15) is 29.6 Å². The predicted octanol–water partition coefficient (Wildman–Crippen LogP) is 1.48. The topological polar surface area (TPSA) is 101 Å². The van der Waals surface area contributed by atoms with Gasteiger partial charge in [0.2, 0.25) is 10.0 Å². The van der Waals surface area contributed by atoms with E-state index in [0.29, 0.717) is 6.54 Å². The second-order valence-electron chi connectivity index (χ2n) is 5.58. The van der Waals surface area contributed by atoms with Crippen LogP contribution in [0.3, 0.4) is 0 Å². The molecule has 1 aromatic rings. The summed E-state index contributed by atoms with van der Waals surface area (Å²) in [5.41, 5.74) is 5.64. The maximum absolute atomic E-state index is 13.6. The molecule has 0 bridgehead atoms. The average Bonchev–Trinajstić information content (AvgIpc) is 2.86. The fraction of sp³-hybridized carbons (Fsp3) is 0.500. The van der Waals surface area contributed by atoms with Crippen molar-refractivity contribution in [2.24, 2.45) is 11.7 Å². The normalized spacial score (nSPS) is 20.7. The van der Waals surface area contributed by atoms with Gasteiger partial charge in [-0.1, -0.05) is 6.42 Å². The van der Waals surface area contributed by atoms with Gasteiger partial charge in [-0.3, -0.25) is 9.52 Å². The molecule has 9 heteroatoms.